The summed E-state index contributed by atoms with van der Waals surface area (Å²) in [5.41, 5.74) is 1.50. The number of carbonyl (C=O) groups is 1. The van der Waals surface area contributed by atoms with Crippen molar-refractivity contribution in [3.05, 3.63) is 58.8 Å². The minimum atomic E-state index is -4.21. The highest BCUT2D eigenvalue weighted by molar-refractivity contribution is 7.89. The lowest BCUT2D eigenvalue weighted by Crippen LogP contribution is -2.41. The lowest BCUT2D eigenvalue weighted by atomic mass is 10.2. The lowest BCUT2D eigenvalue weighted by molar-refractivity contribution is -0.117. The van der Waals surface area contributed by atoms with Gasteiger partial charge in [-0.15, -0.1) is 0 Å². The van der Waals surface area contributed by atoms with Crippen molar-refractivity contribution in [1.82, 2.24) is 13.9 Å². The van der Waals surface area contributed by atoms with Gasteiger partial charge in [-0.3, -0.25) is 13.9 Å². The molecule has 2 N–H and O–H groups in total. The minimum Gasteiger partial charge on any atom is -0.325 e. The summed E-state index contributed by atoms with van der Waals surface area (Å²) in [6.45, 7) is 1.35. The Morgan fingerprint density at radius 1 is 1.07 bits per heavy atom. The number of amides is 1. The Labute approximate surface area is 160 Å². The summed E-state index contributed by atoms with van der Waals surface area (Å²) < 4.78 is 43.4. The molecule has 0 spiro atoms. The molecule has 10 heteroatoms. The molecule has 0 aliphatic rings. The Bertz CT molecular complexity index is 1230. The van der Waals surface area contributed by atoms with Crippen molar-refractivity contribution >= 4 is 32.7 Å². The molecular formula is C18H19FN4O4S. The SMILES string of the molecule is C[C@H](NS(=O)(=O)c1ccccc1F)C(=O)Nc1ccc2c(c1)n(C)c(=O)n2C. The van der Waals surface area contributed by atoms with Crippen LogP contribution in [0.1, 0.15) is 6.92 Å². The summed E-state index contributed by atoms with van der Waals surface area (Å²) in [5.74, 6) is -1.53. The first-order chi connectivity index (χ1) is 13.1. The summed E-state index contributed by atoms with van der Waals surface area (Å²) in [7, 11) is -0.952. The molecule has 0 radical (unpaired) electrons. The second kappa shape index (κ2) is 7.21. The van der Waals surface area contributed by atoms with E-state index < -0.39 is 32.7 Å². The van der Waals surface area contributed by atoms with Crippen molar-refractivity contribution in [1.29, 1.82) is 0 Å². The second-order valence-corrected chi connectivity index (χ2v) is 8.05. The van der Waals surface area contributed by atoms with E-state index in [0.717, 1.165) is 12.1 Å². The van der Waals surface area contributed by atoms with Crippen molar-refractivity contribution in [2.24, 2.45) is 14.1 Å². The highest BCUT2D eigenvalue weighted by Crippen LogP contribution is 2.18. The van der Waals surface area contributed by atoms with Gasteiger partial charge in [0.15, 0.2) is 0 Å². The van der Waals surface area contributed by atoms with Crippen molar-refractivity contribution < 1.29 is 17.6 Å². The largest absolute Gasteiger partial charge is 0.328 e. The molecule has 1 amide bonds. The van der Waals surface area contributed by atoms with Gasteiger partial charge in [-0.25, -0.2) is 17.6 Å². The molecule has 0 aliphatic carbocycles. The monoisotopic (exact) mass is 406 g/mol. The number of carbonyl (C=O) groups excluding carboxylic acids is 1. The van der Waals surface area contributed by atoms with Gasteiger partial charge in [-0.1, -0.05) is 12.1 Å². The Balaban J connectivity index is 1.79. The first-order valence-corrected chi connectivity index (χ1v) is 9.83. The molecule has 0 bridgehead atoms. The van der Waals surface area contributed by atoms with E-state index in [1.54, 1.807) is 32.3 Å². The highest BCUT2D eigenvalue weighted by atomic mass is 32.2. The molecule has 0 aliphatic heterocycles. The van der Waals surface area contributed by atoms with E-state index in [0.29, 0.717) is 16.7 Å². The van der Waals surface area contributed by atoms with Crippen molar-refractivity contribution in [2.75, 3.05) is 5.32 Å². The van der Waals surface area contributed by atoms with Crippen LogP contribution in [0, 0.1) is 5.82 Å². The van der Waals surface area contributed by atoms with Crippen molar-refractivity contribution in [3.8, 4) is 0 Å². The Morgan fingerprint density at radius 3 is 2.39 bits per heavy atom. The number of hydrogen-bond acceptors (Lipinski definition) is 4. The maximum Gasteiger partial charge on any atom is 0.328 e. The molecular weight excluding hydrogens is 387 g/mol. The number of hydrogen-bond donors (Lipinski definition) is 2. The van der Waals surface area contributed by atoms with Gasteiger partial charge < -0.3 is 5.32 Å². The smallest absolute Gasteiger partial charge is 0.325 e. The van der Waals surface area contributed by atoms with Gasteiger partial charge in [0.2, 0.25) is 15.9 Å². The summed E-state index contributed by atoms with van der Waals surface area (Å²) in [5, 5.41) is 2.59. The van der Waals surface area contributed by atoms with Crippen molar-refractivity contribution in [2.45, 2.75) is 17.9 Å². The quantitative estimate of drug-likeness (QED) is 0.667. The summed E-state index contributed by atoms with van der Waals surface area (Å²) in [4.78, 5) is 23.8. The number of fused-ring (bicyclic) bond motifs is 1. The number of aromatic nitrogens is 2. The van der Waals surface area contributed by atoms with Gasteiger partial charge in [0.05, 0.1) is 17.1 Å². The van der Waals surface area contributed by atoms with Gasteiger partial charge in [0.25, 0.3) is 0 Å². The van der Waals surface area contributed by atoms with Crippen LogP contribution in [0.3, 0.4) is 0 Å². The topological polar surface area (TPSA) is 102 Å². The molecule has 3 rings (SSSR count). The molecule has 0 saturated carbocycles. The first kappa shape index (κ1) is 19.8. The van der Waals surface area contributed by atoms with Crippen LogP contribution in [0.15, 0.2) is 52.2 Å². The molecule has 1 aromatic heterocycles. The maximum atomic E-state index is 13.8. The van der Waals surface area contributed by atoms with E-state index >= 15 is 0 Å². The van der Waals surface area contributed by atoms with E-state index in [-0.39, 0.29) is 5.69 Å². The first-order valence-electron chi connectivity index (χ1n) is 8.35. The van der Waals surface area contributed by atoms with Gasteiger partial charge >= 0.3 is 5.69 Å². The van der Waals surface area contributed by atoms with Crippen LogP contribution >= 0.6 is 0 Å². The maximum absolute atomic E-state index is 13.8. The number of benzene rings is 2. The van der Waals surface area contributed by atoms with Gasteiger partial charge in [-0.05, 0) is 37.3 Å². The number of imidazole rings is 1. The van der Waals surface area contributed by atoms with Gasteiger partial charge in [0.1, 0.15) is 10.7 Å². The molecule has 148 valence electrons. The van der Waals surface area contributed by atoms with E-state index in [2.05, 4.69) is 10.0 Å². The Hall–Kier alpha value is -2.98. The standard InChI is InChI=1S/C18H19FN4O4S/c1-11(21-28(26,27)16-7-5-4-6-13(16)19)17(24)20-12-8-9-14-15(10-12)23(3)18(25)22(14)2/h4-11,21H,1-3H3,(H,20,24)/t11-/m0/s1. The predicted molar refractivity (Wildman–Crippen MR) is 103 cm³/mol. The molecule has 3 aromatic rings. The molecule has 2 aromatic carbocycles. The zero-order valence-electron chi connectivity index (χ0n) is 15.4. The summed E-state index contributed by atoms with van der Waals surface area (Å²) in [6.07, 6.45) is 0. The number of rotatable bonds is 5. The fraction of sp³-hybridized carbons (Fsp3) is 0.222. The lowest BCUT2D eigenvalue weighted by Gasteiger charge is -2.15. The number of nitrogens with zero attached hydrogens (tertiary/aromatic N) is 2. The number of aryl methyl sites for hydroxylation is 2. The van der Waals surface area contributed by atoms with E-state index in [1.807, 2.05) is 0 Å². The van der Waals surface area contributed by atoms with Crippen LogP contribution in [0.4, 0.5) is 10.1 Å². The van der Waals surface area contributed by atoms with E-state index in [4.69, 9.17) is 0 Å². The zero-order chi connectivity index (χ0) is 20.6. The Morgan fingerprint density at radius 2 is 1.71 bits per heavy atom. The molecule has 28 heavy (non-hydrogen) atoms. The highest BCUT2D eigenvalue weighted by Gasteiger charge is 2.24. The van der Waals surface area contributed by atoms with Crippen LogP contribution in [0.25, 0.3) is 11.0 Å². The van der Waals surface area contributed by atoms with Crippen LogP contribution in [0.2, 0.25) is 0 Å². The number of anilines is 1. The molecule has 0 unspecified atom stereocenters. The fourth-order valence-electron chi connectivity index (χ4n) is 2.85. The average Bonchev–Trinajstić information content (AvgIpc) is 2.85. The Kier molecular flexibility index (Phi) is 5.09. The summed E-state index contributed by atoms with van der Waals surface area (Å²) in [6, 6.07) is 8.66. The van der Waals surface area contributed by atoms with E-state index in [9.17, 15) is 22.4 Å². The summed E-state index contributed by atoms with van der Waals surface area (Å²) >= 11 is 0. The third-order valence-electron chi connectivity index (χ3n) is 4.39. The van der Waals surface area contributed by atoms with Crippen LogP contribution in [0.5, 0.6) is 0 Å². The minimum absolute atomic E-state index is 0.204. The van der Waals surface area contributed by atoms with Crippen LogP contribution in [-0.2, 0) is 28.9 Å². The predicted octanol–water partition coefficient (Wildman–Crippen LogP) is 1.32. The van der Waals surface area contributed by atoms with Crippen molar-refractivity contribution in [3.63, 3.8) is 0 Å². The van der Waals surface area contributed by atoms with Crippen LogP contribution in [-0.4, -0.2) is 29.5 Å². The third-order valence-corrected chi connectivity index (χ3v) is 5.96. The number of halogens is 1. The molecule has 0 fully saturated rings. The molecule has 1 heterocycles. The zero-order valence-corrected chi connectivity index (χ0v) is 16.2. The number of sulfonamides is 1. The van der Waals surface area contributed by atoms with Gasteiger partial charge in [-0.2, -0.15) is 4.72 Å². The average molecular weight is 406 g/mol. The van der Waals surface area contributed by atoms with Crippen LogP contribution < -0.4 is 15.7 Å². The molecule has 8 nitrogen and oxygen atoms in total. The fourth-order valence-corrected chi connectivity index (χ4v) is 4.13. The van der Waals surface area contributed by atoms with E-state index in [1.165, 1.54) is 28.2 Å². The molecule has 0 saturated heterocycles. The third kappa shape index (κ3) is 3.56. The van der Waals surface area contributed by atoms with Gasteiger partial charge in [0, 0.05) is 19.8 Å². The second-order valence-electron chi connectivity index (χ2n) is 6.37. The molecule has 1 atom stereocenters. The normalized spacial score (nSPS) is 12.9. The number of nitrogens with one attached hydrogen (secondary N) is 2.